The molecule has 2 amide bonds. The normalized spacial score (nSPS) is 26.8. The van der Waals surface area contributed by atoms with E-state index in [0.717, 1.165) is 13.1 Å². The first-order valence-corrected chi connectivity index (χ1v) is 6.41. The van der Waals surface area contributed by atoms with E-state index in [9.17, 15) is 9.59 Å². The fourth-order valence-corrected chi connectivity index (χ4v) is 3.03. The summed E-state index contributed by atoms with van der Waals surface area (Å²) in [6, 6.07) is 1.77. The van der Waals surface area contributed by atoms with E-state index < -0.39 is 0 Å². The lowest BCUT2D eigenvalue weighted by atomic mass is 10.0. The topological polar surface area (TPSA) is 56.4 Å². The first kappa shape index (κ1) is 11.3. The Balaban J connectivity index is 1.71. The fourth-order valence-electron chi connectivity index (χ4n) is 3.03. The number of rotatable bonds is 2. The van der Waals surface area contributed by atoms with Crippen molar-refractivity contribution in [2.45, 2.75) is 6.92 Å². The van der Waals surface area contributed by atoms with Crippen molar-refractivity contribution in [2.75, 3.05) is 26.2 Å². The minimum absolute atomic E-state index is 0.0211. The van der Waals surface area contributed by atoms with Crippen LogP contribution in [-0.2, 0) is 4.79 Å². The number of H-pyrrole nitrogens is 1. The van der Waals surface area contributed by atoms with Crippen LogP contribution in [0, 0.1) is 11.8 Å². The van der Waals surface area contributed by atoms with Crippen molar-refractivity contribution in [3.63, 3.8) is 0 Å². The molecule has 18 heavy (non-hydrogen) atoms. The highest BCUT2D eigenvalue weighted by Gasteiger charge is 2.46. The standard InChI is InChI=1S/C13H17N3O2/c1-2-15-6-10-7-16(8-11(10)13(15)18)12(17)9-3-4-14-5-9/h3-5,10-11,14H,2,6-8H2,1H3/t10-,11+/m1/s1. The Kier molecular flexibility index (Phi) is 2.61. The molecule has 0 unspecified atom stereocenters. The Bertz CT molecular complexity index is 469. The molecule has 5 nitrogen and oxygen atoms in total. The molecule has 1 N–H and O–H groups in total. The van der Waals surface area contributed by atoms with Crippen LogP contribution in [0.4, 0.5) is 0 Å². The molecule has 0 aliphatic carbocycles. The predicted molar refractivity (Wildman–Crippen MR) is 65.9 cm³/mol. The molecule has 0 saturated carbocycles. The summed E-state index contributed by atoms with van der Waals surface area (Å²) in [7, 11) is 0. The van der Waals surface area contributed by atoms with E-state index >= 15 is 0 Å². The zero-order valence-corrected chi connectivity index (χ0v) is 10.4. The second kappa shape index (κ2) is 4.15. The maximum Gasteiger partial charge on any atom is 0.255 e. The molecule has 2 fully saturated rings. The monoisotopic (exact) mass is 247 g/mol. The largest absolute Gasteiger partial charge is 0.367 e. The zero-order chi connectivity index (χ0) is 12.7. The smallest absolute Gasteiger partial charge is 0.255 e. The molecule has 3 heterocycles. The highest BCUT2D eigenvalue weighted by molar-refractivity contribution is 5.95. The third-order valence-electron chi connectivity index (χ3n) is 4.04. The van der Waals surface area contributed by atoms with Gasteiger partial charge < -0.3 is 14.8 Å². The van der Waals surface area contributed by atoms with Gasteiger partial charge in [0.1, 0.15) is 0 Å². The van der Waals surface area contributed by atoms with E-state index in [0.29, 0.717) is 24.6 Å². The minimum atomic E-state index is 0.0211. The summed E-state index contributed by atoms with van der Waals surface area (Å²) >= 11 is 0. The van der Waals surface area contributed by atoms with Gasteiger partial charge in [0.15, 0.2) is 0 Å². The van der Waals surface area contributed by atoms with Crippen LogP contribution in [0.3, 0.4) is 0 Å². The van der Waals surface area contributed by atoms with Crippen LogP contribution >= 0.6 is 0 Å². The van der Waals surface area contributed by atoms with Gasteiger partial charge in [0.25, 0.3) is 5.91 Å². The number of aromatic amines is 1. The van der Waals surface area contributed by atoms with Gasteiger partial charge in [-0.05, 0) is 13.0 Å². The van der Waals surface area contributed by atoms with Gasteiger partial charge in [-0.1, -0.05) is 0 Å². The molecule has 2 aliphatic heterocycles. The van der Waals surface area contributed by atoms with Crippen LogP contribution in [0.5, 0.6) is 0 Å². The number of fused-ring (bicyclic) bond motifs is 1. The van der Waals surface area contributed by atoms with Crippen LogP contribution in [0.2, 0.25) is 0 Å². The number of hydrogen-bond donors (Lipinski definition) is 1. The van der Waals surface area contributed by atoms with Crippen LogP contribution < -0.4 is 0 Å². The number of amides is 2. The van der Waals surface area contributed by atoms with Gasteiger partial charge in [-0.2, -0.15) is 0 Å². The van der Waals surface area contributed by atoms with E-state index in [1.807, 2.05) is 16.7 Å². The molecule has 0 radical (unpaired) electrons. The lowest BCUT2D eigenvalue weighted by Gasteiger charge is -2.20. The third-order valence-corrected chi connectivity index (χ3v) is 4.04. The highest BCUT2D eigenvalue weighted by atomic mass is 16.2. The average molecular weight is 247 g/mol. The van der Waals surface area contributed by atoms with Crippen molar-refractivity contribution >= 4 is 11.8 Å². The minimum Gasteiger partial charge on any atom is -0.367 e. The Morgan fingerprint density at radius 1 is 1.44 bits per heavy atom. The molecule has 1 aromatic heterocycles. The Morgan fingerprint density at radius 3 is 2.89 bits per heavy atom. The van der Waals surface area contributed by atoms with Crippen LogP contribution in [0.1, 0.15) is 17.3 Å². The highest BCUT2D eigenvalue weighted by Crippen LogP contribution is 2.32. The number of carbonyl (C=O) groups excluding carboxylic acids is 2. The van der Waals surface area contributed by atoms with E-state index in [4.69, 9.17) is 0 Å². The second-order valence-corrected chi connectivity index (χ2v) is 5.05. The number of aromatic nitrogens is 1. The first-order chi connectivity index (χ1) is 8.70. The molecule has 0 spiro atoms. The summed E-state index contributed by atoms with van der Waals surface area (Å²) < 4.78 is 0. The van der Waals surface area contributed by atoms with Crippen molar-refractivity contribution in [3.05, 3.63) is 24.0 Å². The molecule has 0 bridgehead atoms. The molecule has 2 aliphatic rings. The fraction of sp³-hybridized carbons (Fsp3) is 0.538. The Hall–Kier alpha value is -1.78. The first-order valence-electron chi connectivity index (χ1n) is 6.41. The summed E-state index contributed by atoms with van der Waals surface area (Å²) in [5.74, 6) is 0.585. The van der Waals surface area contributed by atoms with Crippen LogP contribution in [0.25, 0.3) is 0 Å². The summed E-state index contributed by atoms with van der Waals surface area (Å²) in [6.45, 7) is 4.86. The van der Waals surface area contributed by atoms with Crippen molar-refractivity contribution in [3.8, 4) is 0 Å². The van der Waals surface area contributed by atoms with E-state index in [2.05, 4.69) is 4.98 Å². The lowest BCUT2D eigenvalue weighted by Crippen LogP contribution is -2.35. The van der Waals surface area contributed by atoms with Crippen molar-refractivity contribution in [1.82, 2.24) is 14.8 Å². The molecule has 2 atom stereocenters. The predicted octanol–water partition coefficient (Wildman–Crippen LogP) is 0.565. The quantitative estimate of drug-likeness (QED) is 0.830. The van der Waals surface area contributed by atoms with Gasteiger partial charge in [-0.15, -0.1) is 0 Å². The number of nitrogens with zero attached hydrogens (tertiary/aromatic N) is 2. The molecule has 2 saturated heterocycles. The third kappa shape index (κ3) is 1.62. The Morgan fingerprint density at radius 2 is 2.28 bits per heavy atom. The molecular formula is C13H17N3O2. The van der Waals surface area contributed by atoms with Gasteiger partial charge in [0.2, 0.25) is 5.91 Å². The number of carbonyl (C=O) groups is 2. The van der Waals surface area contributed by atoms with Crippen LogP contribution in [0.15, 0.2) is 18.5 Å². The molecule has 3 rings (SSSR count). The number of likely N-dealkylation sites (tertiary alicyclic amines) is 2. The summed E-state index contributed by atoms with van der Waals surface area (Å²) in [6.07, 6.45) is 3.45. The summed E-state index contributed by atoms with van der Waals surface area (Å²) in [5.41, 5.74) is 0.676. The SMILES string of the molecule is CCN1C[C@@H]2CN(C(=O)c3cc[nH]c3)C[C@@H]2C1=O. The van der Waals surface area contributed by atoms with Gasteiger partial charge >= 0.3 is 0 Å². The zero-order valence-electron chi connectivity index (χ0n) is 10.4. The number of hydrogen-bond acceptors (Lipinski definition) is 2. The van der Waals surface area contributed by atoms with Crippen molar-refractivity contribution in [1.29, 1.82) is 0 Å². The summed E-state index contributed by atoms with van der Waals surface area (Å²) in [4.78, 5) is 30.8. The lowest BCUT2D eigenvalue weighted by molar-refractivity contribution is -0.130. The maximum absolute atomic E-state index is 12.2. The van der Waals surface area contributed by atoms with Crippen LogP contribution in [-0.4, -0.2) is 52.8 Å². The second-order valence-electron chi connectivity index (χ2n) is 5.05. The molecule has 0 aromatic carbocycles. The summed E-state index contributed by atoms with van der Waals surface area (Å²) in [5, 5.41) is 0. The van der Waals surface area contributed by atoms with Gasteiger partial charge in [0, 0.05) is 44.5 Å². The number of nitrogens with one attached hydrogen (secondary N) is 1. The van der Waals surface area contributed by atoms with Gasteiger partial charge in [-0.3, -0.25) is 9.59 Å². The Labute approximate surface area is 106 Å². The molecule has 1 aromatic rings. The van der Waals surface area contributed by atoms with Crippen molar-refractivity contribution in [2.24, 2.45) is 11.8 Å². The molecular weight excluding hydrogens is 230 g/mol. The van der Waals surface area contributed by atoms with Gasteiger partial charge in [0.05, 0.1) is 11.5 Å². The van der Waals surface area contributed by atoms with E-state index in [1.54, 1.807) is 18.5 Å². The van der Waals surface area contributed by atoms with Gasteiger partial charge in [-0.25, -0.2) is 0 Å². The maximum atomic E-state index is 12.2. The van der Waals surface area contributed by atoms with E-state index in [1.165, 1.54) is 0 Å². The molecule has 5 heteroatoms. The van der Waals surface area contributed by atoms with Crippen molar-refractivity contribution < 1.29 is 9.59 Å². The average Bonchev–Trinajstić information content (AvgIpc) is 3.06. The molecule has 96 valence electrons. The van der Waals surface area contributed by atoms with E-state index in [-0.39, 0.29) is 17.7 Å².